The third-order valence-corrected chi connectivity index (χ3v) is 4.11. The summed E-state index contributed by atoms with van der Waals surface area (Å²) in [6.07, 6.45) is 0. The van der Waals surface area contributed by atoms with Crippen molar-refractivity contribution in [3.63, 3.8) is 0 Å². The number of nitrogens with zero attached hydrogens (tertiary/aromatic N) is 1. The van der Waals surface area contributed by atoms with Gasteiger partial charge in [0.2, 0.25) is 0 Å². The molecule has 0 aromatic heterocycles. The van der Waals surface area contributed by atoms with Crippen LogP contribution in [0.1, 0.15) is 11.1 Å². The molecule has 0 spiro atoms. The van der Waals surface area contributed by atoms with Crippen molar-refractivity contribution in [2.75, 3.05) is 5.73 Å². The standard InChI is InChI=1S/C14H14N2O2S/c1-10-12(15)6-4-8-14(10)19-9-11-5-2-3-7-13(11)16(17)18/h2-8H,9,15H2,1H3. The van der Waals surface area contributed by atoms with Crippen LogP contribution in [0.5, 0.6) is 0 Å². The van der Waals surface area contributed by atoms with Gasteiger partial charge >= 0.3 is 0 Å². The van der Waals surface area contributed by atoms with Crippen molar-refractivity contribution < 1.29 is 4.92 Å². The third kappa shape index (κ3) is 3.06. The summed E-state index contributed by atoms with van der Waals surface area (Å²) in [4.78, 5) is 11.6. The summed E-state index contributed by atoms with van der Waals surface area (Å²) >= 11 is 1.56. The van der Waals surface area contributed by atoms with E-state index >= 15 is 0 Å². The Kier molecular flexibility index (Phi) is 4.06. The molecule has 0 aliphatic carbocycles. The quantitative estimate of drug-likeness (QED) is 0.399. The van der Waals surface area contributed by atoms with Gasteiger partial charge in [-0.3, -0.25) is 10.1 Å². The number of para-hydroxylation sites is 1. The van der Waals surface area contributed by atoms with Crippen molar-refractivity contribution in [3.05, 3.63) is 63.7 Å². The molecule has 0 radical (unpaired) electrons. The number of nitro benzene ring substituents is 1. The molecule has 0 aliphatic rings. The van der Waals surface area contributed by atoms with Crippen molar-refractivity contribution in [2.24, 2.45) is 0 Å². The van der Waals surface area contributed by atoms with Crippen LogP contribution in [0.3, 0.4) is 0 Å². The molecule has 0 saturated heterocycles. The molecule has 98 valence electrons. The maximum atomic E-state index is 10.9. The fourth-order valence-electron chi connectivity index (χ4n) is 1.75. The highest BCUT2D eigenvalue weighted by molar-refractivity contribution is 7.98. The highest BCUT2D eigenvalue weighted by atomic mass is 32.2. The lowest BCUT2D eigenvalue weighted by Gasteiger charge is -2.08. The summed E-state index contributed by atoms with van der Waals surface area (Å²) in [6.45, 7) is 1.96. The number of hydrogen-bond donors (Lipinski definition) is 1. The number of thioether (sulfide) groups is 1. The summed E-state index contributed by atoms with van der Waals surface area (Å²) < 4.78 is 0. The van der Waals surface area contributed by atoms with Gasteiger partial charge in [0.05, 0.1) is 4.92 Å². The van der Waals surface area contributed by atoms with E-state index in [-0.39, 0.29) is 10.6 Å². The van der Waals surface area contributed by atoms with Gasteiger partial charge in [0.1, 0.15) is 0 Å². The second-order valence-electron chi connectivity index (χ2n) is 4.14. The van der Waals surface area contributed by atoms with Crippen molar-refractivity contribution in [1.82, 2.24) is 0 Å². The lowest BCUT2D eigenvalue weighted by molar-refractivity contribution is -0.385. The van der Waals surface area contributed by atoms with E-state index in [0.717, 1.165) is 21.7 Å². The van der Waals surface area contributed by atoms with E-state index < -0.39 is 0 Å². The number of benzene rings is 2. The van der Waals surface area contributed by atoms with Gasteiger partial charge in [0, 0.05) is 28.0 Å². The Balaban J connectivity index is 2.19. The lowest BCUT2D eigenvalue weighted by Crippen LogP contribution is -1.94. The first-order chi connectivity index (χ1) is 9.09. The number of nitro groups is 1. The largest absolute Gasteiger partial charge is 0.398 e. The molecule has 0 aliphatic heterocycles. The number of nitrogen functional groups attached to an aromatic ring is 1. The normalized spacial score (nSPS) is 10.4. The Labute approximate surface area is 115 Å². The molecule has 2 rings (SSSR count). The Bertz CT molecular complexity index is 614. The smallest absolute Gasteiger partial charge is 0.273 e. The Morgan fingerprint density at radius 1 is 1.21 bits per heavy atom. The molecule has 2 N–H and O–H groups in total. The first-order valence-corrected chi connectivity index (χ1v) is 6.78. The van der Waals surface area contributed by atoms with E-state index in [1.165, 1.54) is 6.07 Å². The third-order valence-electron chi connectivity index (χ3n) is 2.90. The molecule has 19 heavy (non-hydrogen) atoms. The van der Waals surface area contributed by atoms with Crippen LogP contribution >= 0.6 is 11.8 Å². The second kappa shape index (κ2) is 5.75. The summed E-state index contributed by atoms with van der Waals surface area (Å²) in [5, 5.41) is 10.9. The fraction of sp³-hybridized carbons (Fsp3) is 0.143. The van der Waals surface area contributed by atoms with Gasteiger partial charge in [0.25, 0.3) is 5.69 Å². The Morgan fingerprint density at radius 2 is 1.95 bits per heavy atom. The van der Waals surface area contributed by atoms with Gasteiger partial charge in [-0.25, -0.2) is 0 Å². The molecule has 0 amide bonds. The summed E-state index contributed by atoms with van der Waals surface area (Å²) in [5.41, 5.74) is 8.49. The van der Waals surface area contributed by atoms with Crippen LogP contribution in [0, 0.1) is 17.0 Å². The maximum absolute atomic E-state index is 10.9. The average molecular weight is 274 g/mol. The molecule has 4 nitrogen and oxygen atoms in total. The van der Waals surface area contributed by atoms with Gasteiger partial charge < -0.3 is 5.73 Å². The van der Waals surface area contributed by atoms with E-state index in [9.17, 15) is 10.1 Å². The number of rotatable bonds is 4. The highest BCUT2D eigenvalue weighted by Gasteiger charge is 2.12. The molecule has 0 bridgehead atoms. The predicted octanol–water partition coefficient (Wildman–Crippen LogP) is 3.78. The molecular weight excluding hydrogens is 260 g/mol. The number of anilines is 1. The zero-order valence-electron chi connectivity index (χ0n) is 10.5. The first kappa shape index (κ1) is 13.4. The zero-order valence-corrected chi connectivity index (χ0v) is 11.3. The van der Waals surface area contributed by atoms with Crippen LogP contribution in [0.4, 0.5) is 11.4 Å². The molecule has 0 atom stereocenters. The van der Waals surface area contributed by atoms with Gasteiger partial charge in [-0.2, -0.15) is 0 Å². The number of nitrogens with two attached hydrogens (primary N) is 1. The van der Waals surface area contributed by atoms with Crippen LogP contribution in [-0.4, -0.2) is 4.92 Å². The zero-order chi connectivity index (χ0) is 13.8. The molecule has 0 saturated carbocycles. The van der Waals surface area contributed by atoms with Crippen LogP contribution in [-0.2, 0) is 5.75 Å². The monoisotopic (exact) mass is 274 g/mol. The fourth-order valence-corrected chi connectivity index (χ4v) is 2.82. The maximum Gasteiger partial charge on any atom is 0.273 e. The first-order valence-electron chi connectivity index (χ1n) is 5.80. The van der Waals surface area contributed by atoms with Gasteiger partial charge in [0.15, 0.2) is 0 Å². The van der Waals surface area contributed by atoms with E-state index in [0.29, 0.717) is 5.75 Å². The molecule has 2 aromatic rings. The van der Waals surface area contributed by atoms with E-state index in [2.05, 4.69) is 0 Å². The van der Waals surface area contributed by atoms with E-state index in [1.807, 2.05) is 31.2 Å². The van der Waals surface area contributed by atoms with Crippen LogP contribution in [0.2, 0.25) is 0 Å². The SMILES string of the molecule is Cc1c(N)cccc1SCc1ccccc1[N+](=O)[O-]. The lowest BCUT2D eigenvalue weighted by atomic mass is 10.2. The van der Waals surface area contributed by atoms with Crippen molar-refractivity contribution in [2.45, 2.75) is 17.6 Å². The molecule has 0 unspecified atom stereocenters. The highest BCUT2D eigenvalue weighted by Crippen LogP contribution is 2.31. The topological polar surface area (TPSA) is 69.2 Å². The summed E-state index contributed by atoms with van der Waals surface area (Å²) in [5.74, 6) is 0.557. The number of hydrogen-bond acceptors (Lipinski definition) is 4. The molecule has 0 fully saturated rings. The van der Waals surface area contributed by atoms with Crippen molar-refractivity contribution in [1.29, 1.82) is 0 Å². The predicted molar refractivity (Wildman–Crippen MR) is 78.2 cm³/mol. The Morgan fingerprint density at radius 3 is 2.68 bits per heavy atom. The summed E-state index contributed by atoms with van der Waals surface area (Å²) in [6, 6.07) is 12.5. The average Bonchev–Trinajstić information content (AvgIpc) is 2.40. The van der Waals surface area contributed by atoms with Crippen molar-refractivity contribution in [3.8, 4) is 0 Å². The minimum Gasteiger partial charge on any atom is -0.398 e. The molecular formula is C14H14N2O2S. The summed E-state index contributed by atoms with van der Waals surface area (Å²) in [7, 11) is 0. The van der Waals surface area contributed by atoms with Gasteiger partial charge in [-0.1, -0.05) is 24.3 Å². The minimum atomic E-state index is -0.345. The minimum absolute atomic E-state index is 0.163. The van der Waals surface area contributed by atoms with Crippen LogP contribution < -0.4 is 5.73 Å². The Hall–Kier alpha value is -2.01. The molecule has 2 aromatic carbocycles. The molecule has 0 heterocycles. The van der Waals surface area contributed by atoms with Crippen LogP contribution in [0.25, 0.3) is 0 Å². The van der Waals surface area contributed by atoms with Gasteiger partial charge in [-0.15, -0.1) is 11.8 Å². The van der Waals surface area contributed by atoms with Gasteiger partial charge in [-0.05, 0) is 24.6 Å². The second-order valence-corrected chi connectivity index (χ2v) is 5.16. The molecule has 5 heteroatoms. The van der Waals surface area contributed by atoms with E-state index in [1.54, 1.807) is 23.9 Å². The van der Waals surface area contributed by atoms with Crippen LogP contribution in [0.15, 0.2) is 47.4 Å². The van der Waals surface area contributed by atoms with E-state index in [4.69, 9.17) is 5.73 Å². The van der Waals surface area contributed by atoms with Crippen molar-refractivity contribution >= 4 is 23.1 Å².